The van der Waals surface area contributed by atoms with Crippen molar-refractivity contribution in [1.29, 1.82) is 0 Å². The second-order valence-electron chi connectivity index (χ2n) is 5.66. The second-order valence-corrected chi connectivity index (χ2v) is 5.66. The standard InChI is InChI=1S/C16H23NO2/c1-2-16(18-9-1)12-19-15-7-5-14(6-8-15)11-17-10-13-3-4-13/h5-8,13,16-17H,1-4,9-12H2. The van der Waals surface area contributed by atoms with Crippen LogP contribution in [0.15, 0.2) is 24.3 Å². The topological polar surface area (TPSA) is 30.5 Å². The minimum Gasteiger partial charge on any atom is -0.491 e. The highest BCUT2D eigenvalue weighted by Gasteiger charge is 2.20. The average Bonchev–Trinajstić information content (AvgIpc) is 3.12. The highest BCUT2D eigenvalue weighted by molar-refractivity contribution is 5.27. The van der Waals surface area contributed by atoms with Gasteiger partial charge < -0.3 is 14.8 Å². The van der Waals surface area contributed by atoms with Gasteiger partial charge in [-0.1, -0.05) is 12.1 Å². The Bertz CT molecular complexity index is 380. The van der Waals surface area contributed by atoms with Gasteiger partial charge in [0.05, 0.1) is 6.10 Å². The lowest BCUT2D eigenvalue weighted by Crippen LogP contribution is -2.17. The lowest BCUT2D eigenvalue weighted by molar-refractivity contribution is 0.0679. The molecular weight excluding hydrogens is 238 g/mol. The predicted molar refractivity (Wildman–Crippen MR) is 75.3 cm³/mol. The Morgan fingerprint density at radius 3 is 2.68 bits per heavy atom. The molecule has 0 spiro atoms. The van der Waals surface area contributed by atoms with E-state index in [-0.39, 0.29) is 0 Å². The van der Waals surface area contributed by atoms with Gasteiger partial charge in [0.1, 0.15) is 12.4 Å². The molecule has 1 unspecified atom stereocenters. The van der Waals surface area contributed by atoms with Crippen molar-refractivity contribution in [2.45, 2.75) is 38.3 Å². The molecule has 3 heteroatoms. The first-order valence-corrected chi connectivity index (χ1v) is 7.44. The third kappa shape index (κ3) is 4.22. The van der Waals surface area contributed by atoms with Crippen molar-refractivity contribution in [1.82, 2.24) is 5.32 Å². The minimum atomic E-state index is 0.292. The van der Waals surface area contributed by atoms with E-state index in [4.69, 9.17) is 9.47 Å². The van der Waals surface area contributed by atoms with Crippen LogP contribution < -0.4 is 10.1 Å². The largest absolute Gasteiger partial charge is 0.491 e. The molecule has 3 rings (SSSR count). The van der Waals surface area contributed by atoms with Crippen LogP contribution in [0, 0.1) is 5.92 Å². The van der Waals surface area contributed by atoms with Crippen molar-refractivity contribution in [2.75, 3.05) is 19.8 Å². The molecule has 1 aliphatic heterocycles. The molecule has 104 valence electrons. The van der Waals surface area contributed by atoms with Gasteiger partial charge in [-0.05, 0) is 55.8 Å². The maximum atomic E-state index is 5.75. The van der Waals surface area contributed by atoms with E-state index >= 15 is 0 Å². The Hall–Kier alpha value is -1.06. The summed E-state index contributed by atoms with van der Waals surface area (Å²) < 4.78 is 11.3. The van der Waals surface area contributed by atoms with Gasteiger partial charge in [0, 0.05) is 13.2 Å². The molecule has 1 aromatic rings. The Kier molecular flexibility index (Phi) is 4.36. The van der Waals surface area contributed by atoms with Gasteiger partial charge >= 0.3 is 0 Å². The summed E-state index contributed by atoms with van der Waals surface area (Å²) in [5.74, 6) is 1.88. The van der Waals surface area contributed by atoms with E-state index in [1.54, 1.807) is 0 Å². The number of benzene rings is 1. The molecule has 0 amide bonds. The van der Waals surface area contributed by atoms with Crippen molar-refractivity contribution in [3.8, 4) is 5.75 Å². The smallest absolute Gasteiger partial charge is 0.119 e. The van der Waals surface area contributed by atoms with E-state index in [0.717, 1.165) is 37.8 Å². The van der Waals surface area contributed by atoms with E-state index in [1.807, 2.05) is 0 Å². The van der Waals surface area contributed by atoms with Crippen molar-refractivity contribution in [3.63, 3.8) is 0 Å². The van der Waals surface area contributed by atoms with Crippen LogP contribution >= 0.6 is 0 Å². The Morgan fingerprint density at radius 1 is 1.16 bits per heavy atom. The summed E-state index contributed by atoms with van der Waals surface area (Å²) >= 11 is 0. The van der Waals surface area contributed by atoms with Gasteiger partial charge in [-0.3, -0.25) is 0 Å². The molecule has 1 saturated carbocycles. The quantitative estimate of drug-likeness (QED) is 0.818. The SMILES string of the molecule is c1cc(OCC2CCCO2)ccc1CNCC1CC1. The molecule has 1 aromatic carbocycles. The summed E-state index contributed by atoms with van der Waals surface area (Å²) in [6.07, 6.45) is 5.40. The van der Waals surface area contributed by atoms with Crippen molar-refractivity contribution >= 4 is 0 Å². The van der Waals surface area contributed by atoms with E-state index in [9.17, 15) is 0 Å². The molecule has 1 saturated heterocycles. The van der Waals surface area contributed by atoms with E-state index in [2.05, 4.69) is 29.6 Å². The van der Waals surface area contributed by atoms with Gasteiger partial charge in [-0.25, -0.2) is 0 Å². The van der Waals surface area contributed by atoms with E-state index in [1.165, 1.54) is 24.8 Å². The maximum Gasteiger partial charge on any atom is 0.119 e. The summed E-state index contributed by atoms with van der Waals surface area (Å²) in [6.45, 7) is 3.69. The van der Waals surface area contributed by atoms with E-state index < -0.39 is 0 Å². The molecule has 1 atom stereocenters. The molecule has 0 aromatic heterocycles. The first kappa shape index (κ1) is 12.9. The molecule has 0 bridgehead atoms. The molecular formula is C16H23NO2. The lowest BCUT2D eigenvalue weighted by atomic mass is 10.2. The zero-order valence-electron chi connectivity index (χ0n) is 11.4. The summed E-state index contributed by atoms with van der Waals surface area (Å²) in [6, 6.07) is 8.40. The second kappa shape index (κ2) is 6.40. The monoisotopic (exact) mass is 261 g/mol. The lowest BCUT2D eigenvalue weighted by Gasteiger charge is -2.12. The number of ether oxygens (including phenoxy) is 2. The summed E-state index contributed by atoms with van der Waals surface area (Å²) in [7, 11) is 0. The molecule has 19 heavy (non-hydrogen) atoms. The zero-order valence-corrected chi connectivity index (χ0v) is 11.4. The molecule has 1 N–H and O–H groups in total. The third-order valence-corrected chi connectivity index (χ3v) is 3.84. The Morgan fingerprint density at radius 2 is 2.00 bits per heavy atom. The van der Waals surface area contributed by atoms with Gasteiger partial charge in [0.25, 0.3) is 0 Å². The van der Waals surface area contributed by atoms with Gasteiger partial charge in [0.2, 0.25) is 0 Å². The number of hydrogen-bond donors (Lipinski definition) is 1. The fourth-order valence-electron chi connectivity index (χ4n) is 2.41. The van der Waals surface area contributed by atoms with Crippen LogP contribution in [-0.4, -0.2) is 25.9 Å². The first-order valence-electron chi connectivity index (χ1n) is 7.44. The maximum absolute atomic E-state index is 5.75. The predicted octanol–water partition coefficient (Wildman–Crippen LogP) is 2.74. The molecule has 2 fully saturated rings. The fourth-order valence-corrected chi connectivity index (χ4v) is 2.41. The van der Waals surface area contributed by atoms with Crippen LogP contribution in [0.3, 0.4) is 0 Å². The summed E-state index contributed by atoms with van der Waals surface area (Å²) in [4.78, 5) is 0. The molecule has 1 aliphatic carbocycles. The van der Waals surface area contributed by atoms with Gasteiger partial charge in [-0.2, -0.15) is 0 Å². The van der Waals surface area contributed by atoms with Crippen LogP contribution in [0.4, 0.5) is 0 Å². The van der Waals surface area contributed by atoms with Crippen molar-refractivity contribution < 1.29 is 9.47 Å². The van der Waals surface area contributed by atoms with Crippen LogP contribution in [-0.2, 0) is 11.3 Å². The molecule has 3 nitrogen and oxygen atoms in total. The van der Waals surface area contributed by atoms with E-state index in [0.29, 0.717) is 12.7 Å². The van der Waals surface area contributed by atoms with Crippen LogP contribution in [0.5, 0.6) is 5.75 Å². The molecule has 0 radical (unpaired) electrons. The third-order valence-electron chi connectivity index (χ3n) is 3.84. The Labute approximate surface area is 115 Å². The average molecular weight is 261 g/mol. The minimum absolute atomic E-state index is 0.292. The van der Waals surface area contributed by atoms with Gasteiger partial charge in [-0.15, -0.1) is 0 Å². The fraction of sp³-hybridized carbons (Fsp3) is 0.625. The summed E-state index contributed by atoms with van der Waals surface area (Å²) in [5, 5.41) is 3.50. The first-order chi connectivity index (χ1) is 9.40. The normalized spacial score (nSPS) is 22.6. The Balaban J connectivity index is 1.39. The van der Waals surface area contributed by atoms with Gasteiger partial charge in [0.15, 0.2) is 0 Å². The number of rotatable bonds is 7. The van der Waals surface area contributed by atoms with Crippen molar-refractivity contribution in [3.05, 3.63) is 29.8 Å². The van der Waals surface area contributed by atoms with Crippen molar-refractivity contribution in [2.24, 2.45) is 5.92 Å². The molecule has 2 aliphatic rings. The van der Waals surface area contributed by atoms with Crippen LogP contribution in [0.25, 0.3) is 0 Å². The highest BCUT2D eigenvalue weighted by Crippen LogP contribution is 2.27. The van der Waals surface area contributed by atoms with Crippen LogP contribution in [0.1, 0.15) is 31.2 Å². The molecule has 1 heterocycles. The van der Waals surface area contributed by atoms with Crippen LogP contribution in [0.2, 0.25) is 0 Å². The summed E-state index contributed by atoms with van der Waals surface area (Å²) in [5.41, 5.74) is 1.32. The number of hydrogen-bond acceptors (Lipinski definition) is 3. The highest BCUT2D eigenvalue weighted by atomic mass is 16.5. The number of nitrogens with one attached hydrogen (secondary N) is 1. The zero-order chi connectivity index (χ0) is 12.9.